The van der Waals surface area contributed by atoms with Crippen LogP contribution < -0.4 is 16.8 Å². The van der Waals surface area contributed by atoms with Crippen molar-refractivity contribution in [3.63, 3.8) is 0 Å². The number of nitrogens with zero attached hydrogens (tertiary/aromatic N) is 4. The Morgan fingerprint density at radius 2 is 1.63 bits per heavy atom. The molecule has 0 aromatic heterocycles. The number of rotatable bonds is 18. The zero-order valence-electron chi connectivity index (χ0n) is 17.4. The molecule has 1 rings (SSSR count). The Hall–Kier alpha value is -2.37. The minimum Gasteiger partial charge on any atom is -0.478 e. The molecular formula is C24H9N4O7. The van der Waals surface area contributed by atoms with Gasteiger partial charge in [-0.25, -0.2) is 30.4 Å². The Bertz CT molecular complexity index is 697. The normalized spacial score (nSPS) is 21.4. The summed E-state index contributed by atoms with van der Waals surface area (Å²) in [6, 6.07) is -3.31. The number of hydrogen-bond acceptors (Lipinski definition) is 5. The van der Waals surface area contributed by atoms with Crippen molar-refractivity contribution in [1.82, 2.24) is 16.8 Å². The Labute approximate surface area is 207 Å². The summed E-state index contributed by atoms with van der Waals surface area (Å²) in [6.45, 7) is 9.35. The van der Waals surface area contributed by atoms with Crippen LogP contribution in [-0.2, 0) is 34.4 Å². The summed E-state index contributed by atoms with van der Waals surface area (Å²) in [5.41, 5.74) is 18.1. The van der Waals surface area contributed by atoms with Gasteiger partial charge in [-0.1, -0.05) is 0 Å². The molecule has 1 amide bonds. The lowest BCUT2D eigenvalue weighted by Gasteiger charge is -2.37. The van der Waals surface area contributed by atoms with Crippen LogP contribution >= 0.6 is 0 Å². The minimum atomic E-state index is -2.35. The van der Waals surface area contributed by atoms with Crippen molar-refractivity contribution in [3.05, 3.63) is 103 Å². The lowest BCUT2D eigenvalue weighted by Crippen LogP contribution is -2.57. The van der Waals surface area contributed by atoms with Gasteiger partial charge in [-0.05, 0) is 39.0 Å². The van der Waals surface area contributed by atoms with Crippen molar-refractivity contribution < 1.29 is 34.4 Å². The van der Waals surface area contributed by atoms with E-state index in [9.17, 15) is 24.9 Å². The van der Waals surface area contributed by atoms with Gasteiger partial charge in [0.25, 0.3) is 5.96 Å². The van der Waals surface area contributed by atoms with Gasteiger partial charge in [0.15, 0.2) is 12.2 Å². The van der Waals surface area contributed by atoms with Gasteiger partial charge in [-0.3, -0.25) is 4.79 Å². The van der Waals surface area contributed by atoms with Crippen molar-refractivity contribution in [2.75, 3.05) is 0 Å². The highest BCUT2D eigenvalue weighted by Crippen LogP contribution is 2.28. The first-order valence-electron chi connectivity index (χ1n) is 8.96. The molecular weight excluding hydrogens is 456 g/mol. The number of amides is 1. The maximum atomic E-state index is 12.2. The van der Waals surface area contributed by atoms with Crippen LogP contribution in [0.2, 0.25) is 0 Å². The van der Waals surface area contributed by atoms with Crippen molar-refractivity contribution in [2.45, 2.75) is 30.4 Å². The molecule has 0 N–H and O–H groups in total. The van der Waals surface area contributed by atoms with E-state index < -0.39 is 54.0 Å². The Morgan fingerprint density at radius 3 is 2.11 bits per heavy atom. The van der Waals surface area contributed by atoms with E-state index >= 15 is 0 Å². The molecule has 0 bridgehead atoms. The number of carbonyl (C=O) groups is 2. The molecule has 11 nitrogen and oxygen atoms in total. The fourth-order valence-corrected chi connectivity index (χ4v) is 2.31. The number of guanidine groups is 1. The summed E-state index contributed by atoms with van der Waals surface area (Å²) in [5.74, 6) is -5.57. The molecule has 35 heavy (non-hydrogen) atoms. The third-order valence-electron chi connectivity index (χ3n) is 3.50. The molecule has 1 heterocycles. The molecule has 35 radical (unpaired) electrons. The number of carbonyl (C=O) groups excluding carboxylic acids is 2. The van der Waals surface area contributed by atoms with Gasteiger partial charge in [-0.2, -0.15) is 0 Å². The van der Waals surface area contributed by atoms with Crippen LogP contribution in [0.4, 0.5) is 0 Å². The average molecular weight is 465 g/mol. The zero-order valence-corrected chi connectivity index (χ0v) is 17.4. The fourth-order valence-electron chi connectivity index (χ4n) is 2.31. The van der Waals surface area contributed by atoms with Crippen molar-refractivity contribution >= 4 is 17.8 Å². The van der Waals surface area contributed by atoms with E-state index in [1.807, 2.05) is 6.61 Å². The van der Waals surface area contributed by atoms with Gasteiger partial charge >= 0.3 is 5.97 Å². The standard InChI is InChI=1S/C24H9N4O7/c1-3-4-5-6-7-8-9-10-11-12-13-34-21(18(31)15-29)22-20(27-16(2)30)17(28-24(25)26)14-19(35-22)23(32)33/h17-18,20-22H,1-2H2/t17-,18+,20+,21+,22+/m0/s1. The lowest BCUT2D eigenvalue weighted by atomic mass is 9.92. The predicted octanol–water partition coefficient (Wildman–Crippen LogP) is -1.44. The van der Waals surface area contributed by atoms with Crippen LogP contribution in [0, 0.1) is 97.3 Å². The molecule has 0 fully saturated rings. The molecule has 0 spiro atoms. The molecule has 167 valence electrons. The second-order valence-electron chi connectivity index (χ2n) is 5.76. The first-order valence-corrected chi connectivity index (χ1v) is 8.96. The lowest BCUT2D eigenvalue weighted by molar-refractivity contribution is -0.155. The first kappa shape index (κ1) is 30.7. The second kappa shape index (κ2) is 17.1. The summed E-state index contributed by atoms with van der Waals surface area (Å²) in [4.78, 5) is 26.0. The number of aliphatic imine (C=N–C) groups is 1. The molecule has 5 atom stereocenters. The first-order chi connectivity index (χ1) is 16.7. The van der Waals surface area contributed by atoms with Crippen LogP contribution in [0.25, 0.3) is 0 Å². The molecule has 1 aliphatic heterocycles. The smallest absolute Gasteiger partial charge is 0.420 e. The zero-order chi connectivity index (χ0) is 26.2. The van der Waals surface area contributed by atoms with Gasteiger partial charge in [0.2, 0.25) is 18.3 Å². The molecule has 0 saturated carbocycles. The van der Waals surface area contributed by atoms with E-state index in [0.29, 0.717) is 0 Å². The summed E-state index contributed by atoms with van der Waals surface area (Å²) < 4.78 is 10.1. The molecule has 0 aromatic carbocycles. The van der Waals surface area contributed by atoms with E-state index in [1.165, 1.54) is 0 Å². The highest BCUT2D eigenvalue weighted by molar-refractivity contribution is 5.84. The molecule has 0 unspecified atom stereocenters. The summed E-state index contributed by atoms with van der Waals surface area (Å²) in [5, 5.41) is 38.0. The molecule has 11 heteroatoms. The summed E-state index contributed by atoms with van der Waals surface area (Å²) in [7, 11) is 0. The summed E-state index contributed by atoms with van der Waals surface area (Å²) >= 11 is 0. The Balaban J connectivity index is 2.78. The largest absolute Gasteiger partial charge is 0.478 e. The molecule has 0 aromatic rings. The van der Waals surface area contributed by atoms with E-state index in [1.54, 1.807) is 0 Å². The molecule has 0 saturated heterocycles. The van der Waals surface area contributed by atoms with E-state index in [4.69, 9.17) is 20.9 Å². The van der Waals surface area contributed by atoms with Gasteiger partial charge in [0.1, 0.15) is 24.8 Å². The minimum absolute atomic E-state index is 1.03. The topological polar surface area (TPSA) is 183 Å². The van der Waals surface area contributed by atoms with Crippen molar-refractivity contribution in [1.29, 1.82) is 0 Å². The van der Waals surface area contributed by atoms with E-state index in [0.717, 1.165) is 6.61 Å². The average Bonchev–Trinajstić information content (AvgIpc) is 2.80. The molecule has 1 aliphatic rings. The number of hydrogen-bond donors (Lipinski definition) is 0. The molecule has 0 aliphatic carbocycles. The van der Waals surface area contributed by atoms with E-state index in [2.05, 4.69) is 94.4 Å². The van der Waals surface area contributed by atoms with Gasteiger partial charge in [0.05, 0.1) is 0 Å². The van der Waals surface area contributed by atoms with Crippen molar-refractivity contribution in [3.8, 4) is 0 Å². The van der Waals surface area contributed by atoms with Crippen LogP contribution in [0.5, 0.6) is 0 Å². The van der Waals surface area contributed by atoms with Gasteiger partial charge in [-0.15, -0.1) is 11.5 Å². The third-order valence-corrected chi connectivity index (χ3v) is 3.50. The summed E-state index contributed by atoms with van der Waals surface area (Å²) in [6.07, 6.45) is 19.1. The number of unbranched alkanes of at least 4 members (excludes halogenated alkanes) is 9. The fraction of sp³-hybridized carbons (Fsp3) is 0.208. The van der Waals surface area contributed by atoms with Crippen LogP contribution in [-0.4, -0.2) is 48.2 Å². The van der Waals surface area contributed by atoms with E-state index in [-0.39, 0.29) is 0 Å². The van der Waals surface area contributed by atoms with Crippen molar-refractivity contribution in [2.24, 2.45) is 4.99 Å². The highest BCUT2D eigenvalue weighted by Gasteiger charge is 2.47. The maximum Gasteiger partial charge on any atom is 0.420 e. The Kier molecular flexibility index (Phi) is 15.0. The van der Waals surface area contributed by atoms with Crippen LogP contribution in [0.3, 0.4) is 0 Å². The number of ether oxygens (including phenoxy) is 2. The third kappa shape index (κ3) is 11.7. The van der Waals surface area contributed by atoms with Crippen LogP contribution in [0.1, 0.15) is 0 Å². The SMILES string of the molecule is [CH2][C][C][C][C][C][C][C][C][C][C][C]O[C@@H]([C@@H]1OC(C([O])=O)=[C][C@H](N=C([N])[N])[C@H]1[N]C([CH2])=O)[C@H]([O])[C][O]. The van der Waals surface area contributed by atoms with Gasteiger partial charge < -0.3 is 9.47 Å². The maximum absolute atomic E-state index is 12.2. The predicted molar refractivity (Wildman–Crippen MR) is 103 cm³/mol. The monoisotopic (exact) mass is 465 g/mol. The Morgan fingerprint density at radius 1 is 1.06 bits per heavy atom. The second-order valence-corrected chi connectivity index (χ2v) is 5.76. The highest BCUT2D eigenvalue weighted by atomic mass is 16.6. The van der Waals surface area contributed by atoms with Gasteiger partial charge in [0, 0.05) is 45.1 Å². The quantitative estimate of drug-likeness (QED) is 0.137. The van der Waals surface area contributed by atoms with Crippen LogP contribution in [0.15, 0.2) is 10.8 Å².